The number of ether oxygens (including phenoxy) is 1. The normalized spacial score (nSPS) is 15.5. The summed E-state index contributed by atoms with van der Waals surface area (Å²) in [5, 5.41) is 6.69. The number of rotatable bonds is 6. The molecule has 0 unspecified atom stereocenters. The molecule has 10 heteroatoms. The number of amides is 1. The fourth-order valence-electron chi connectivity index (χ4n) is 2.78. The van der Waals surface area contributed by atoms with Crippen LogP contribution in [0.2, 0.25) is 0 Å². The summed E-state index contributed by atoms with van der Waals surface area (Å²) in [6.45, 7) is 7.72. The third-order valence-electron chi connectivity index (χ3n) is 4.26. The molecule has 148 valence electrons. The van der Waals surface area contributed by atoms with Crippen LogP contribution in [0, 0.1) is 12.8 Å². The summed E-state index contributed by atoms with van der Waals surface area (Å²) in [4.78, 5) is 14.5. The van der Waals surface area contributed by atoms with Crippen molar-refractivity contribution in [2.45, 2.75) is 25.7 Å². The number of aromatic nitrogens is 2. The zero-order valence-electron chi connectivity index (χ0n) is 15.6. The second kappa shape index (κ2) is 7.83. The van der Waals surface area contributed by atoms with Crippen LogP contribution in [-0.4, -0.2) is 62.3 Å². The van der Waals surface area contributed by atoms with E-state index in [1.165, 1.54) is 12.3 Å². The van der Waals surface area contributed by atoms with Crippen molar-refractivity contribution in [2.24, 2.45) is 5.92 Å². The number of aromatic amines is 1. The standard InChI is InChI=1S/C17H24N4O5S/c1-11(2)9-19-27(23,24)15-8-14(26-12(15)3)16-13(10-18-20-16)17(22)21-4-6-25-7-5-21/h8,10-11,19H,4-7,9H2,1-3H3,(H,18,20). The SMILES string of the molecule is Cc1oc(-c2[nH]ncc2C(=O)N2CCOCC2)cc1S(=O)(=O)NCC(C)C. The topological polar surface area (TPSA) is 118 Å². The zero-order valence-corrected chi connectivity index (χ0v) is 16.4. The second-order valence-electron chi connectivity index (χ2n) is 6.84. The third-order valence-corrected chi connectivity index (χ3v) is 5.79. The van der Waals surface area contributed by atoms with Crippen LogP contribution < -0.4 is 4.72 Å². The number of sulfonamides is 1. The molecular weight excluding hydrogens is 372 g/mol. The van der Waals surface area contributed by atoms with Crippen LogP contribution in [-0.2, 0) is 14.8 Å². The predicted molar refractivity (Wildman–Crippen MR) is 97.8 cm³/mol. The van der Waals surface area contributed by atoms with E-state index in [9.17, 15) is 13.2 Å². The lowest BCUT2D eigenvalue weighted by atomic mass is 10.2. The van der Waals surface area contributed by atoms with Gasteiger partial charge in [-0.2, -0.15) is 5.10 Å². The average Bonchev–Trinajstić information content (AvgIpc) is 3.27. The Morgan fingerprint density at radius 2 is 2.07 bits per heavy atom. The van der Waals surface area contributed by atoms with E-state index in [0.717, 1.165) is 0 Å². The van der Waals surface area contributed by atoms with E-state index >= 15 is 0 Å². The molecule has 2 aromatic rings. The van der Waals surface area contributed by atoms with Crippen molar-refractivity contribution in [3.05, 3.63) is 23.6 Å². The van der Waals surface area contributed by atoms with Crippen LogP contribution in [0.25, 0.3) is 11.5 Å². The molecule has 1 amide bonds. The molecule has 3 heterocycles. The highest BCUT2D eigenvalue weighted by Crippen LogP contribution is 2.29. The number of morpholine rings is 1. The first-order chi connectivity index (χ1) is 12.8. The van der Waals surface area contributed by atoms with E-state index in [1.807, 2.05) is 13.8 Å². The first-order valence-corrected chi connectivity index (χ1v) is 10.3. The highest BCUT2D eigenvalue weighted by atomic mass is 32.2. The quantitative estimate of drug-likeness (QED) is 0.762. The van der Waals surface area contributed by atoms with Crippen molar-refractivity contribution in [3.8, 4) is 11.5 Å². The first-order valence-electron chi connectivity index (χ1n) is 8.80. The van der Waals surface area contributed by atoms with E-state index in [0.29, 0.717) is 44.1 Å². The van der Waals surface area contributed by atoms with Crippen LogP contribution >= 0.6 is 0 Å². The van der Waals surface area contributed by atoms with Crippen molar-refractivity contribution in [1.29, 1.82) is 0 Å². The van der Waals surface area contributed by atoms with Gasteiger partial charge in [0.15, 0.2) is 5.76 Å². The summed E-state index contributed by atoms with van der Waals surface area (Å²) in [7, 11) is -3.70. The van der Waals surface area contributed by atoms with Gasteiger partial charge in [0.25, 0.3) is 5.91 Å². The fourth-order valence-corrected chi connectivity index (χ4v) is 4.17. The molecular formula is C17H24N4O5S. The summed E-state index contributed by atoms with van der Waals surface area (Å²) < 4.78 is 38.5. The van der Waals surface area contributed by atoms with Crippen molar-refractivity contribution < 1.29 is 22.4 Å². The number of H-pyrrole nitrogens is 1. The zero-order chi connectivity index (χ0) is 19.6. The maximum Gasteiger partial charge on any atom is 0.257 e. The van der Waals surface area contributed by atoms with Crippen LogP contribution in [0.15, 0.2) is 21.6 Å². The van der Waals surface area contributed by atoms with Gasteiger partial charge in [-0.3, -0.25) is 9.89 Å². The number of carbonyl (C=O) groups is 1. The summed E-state index contributed by atoms with van der Waals surface area (Å²) in [6.07, 6.45) is 1.43. The van der Waals surface area contributed by atoms with E-state index in [4.69, 9.17) is 9.15 Å². The Morgan fingerprint density at radius 3 is 2.74 bits per heavy atom. The van der Waals surface area contributed by atoms with Gasteiger partial charge in [0.2, 0.25) is 10.0 Å². The molecule has 0 bridgehead atoms. The van der Waals surface area contributed by atoms with Crippen molar-refractivity contribution >= 4 is 15.9 Å². The molecule has 3 rings (SSSR count). The highest BCUT2D eigenvalue weighted by molar-refractivity contribution is 7.89. The van der Waals surface area contributed by atoms with Gasteiger partial charge in [-0.15, -0.1) is 0 Å². The van der Waals surface area contributed by atoms with E-state index < -0.39 is 10.0 Å². The van der Waals surface area contributed by atoms with E-state index in [2.05, 4.69) is 14.9 Å². The maximum absolute atomic E-state index is 12.8. The average molecular weight is 396 g/mol. The Hall–Kier alpha value is -2.17. The number of hydrogen-bond donors (Lipinski definition) is 2. The van der Waals surface area contributed by atoms with Crippen LogP contribution in [0.3, 0.4) is 0 Å². The minimum atomic E-state index is -3.70. The van der Waals surface area contributed by atoms with E-state index in [-0.39, 0.29) is 28.2 Å². The molecule has 0 saturated carbocycles. The summed E-state index contributed by atoms with van der Waals surface area (Å²) >= 11 is 0. The molecule has 0 spiro atoms. The summed E-state index contributed by atoms with van der Waals surface area (Å²) in [5.74, 6) is 0.488. The third kappa shape index (κ3) is 4.23. The largest absolute Gasteiger partial charge is 0.458 e. The molecule has 0 aromatic carbocycles. The lowest BCUT2D eigenvalue weighted by molar-refractivity contribution is 0.0303. The van der Waals surface area contributed by atoms with Crippen LogP contribution in [0.5, 0.6) is 0 Å². The smallest absolute Gasteiger partial charge is 0.257 e. The first kappa shape index (κ1) is 19.6. The molecule has 1 fully saturated rings. The van der Waals surface area contributed by atoms with Gasteiger partial charge in [-0.25, -0.2) is 13.1 Å². The minimum Gasteiger partial charge on any atom is -0.458 e. The summed E-state index contributed by atoms with van der Waals surface area (Å²) in [5.41, 5.74) is 0.699. The fraction of sp³-hybridized carbons (Fsp3) is 0.529. The van der Waals surface area contributed by atoms with Crippen molar-refractivity contribution in [2.75, 3.05) is 32.8 Å². The molecule has 1 saturated heterocycles. The van der Waals surface area contributed by atoms with Gasteiger partial charge in [0.1, 0.15) is 16.3 Å². The van der Waals surface area contributed by atoms with Gasteiger partial charge >= 0.3 is 0 Å². The molecule has 2 aromatic heterocycles. The lowest BCUT2D eigenvalue weighted by Crippen LogP contribution is -2.40. The number of nitrogens with one attached hydrogen (secondary N) is 2. The van der Waals surface area contributed by atoms with Gasteiger partial charge in [0, 0.05) is 25.7 Å². The molecule has 27 heavy (non-hydrogen) atoms. The number of hydrogen-bond acceptors (Lipinski definition) is 6. The van der Waals surface area contributed by atoms with Gasteiger partial charge in [-0.1, -0.05) is 13.8 Å². The van der Waals surface area contributed by atoms with Crippen LogP contribution in [0.4, 0.5) is 0 Å². The lowest BCUT2D eigenvalue weighted by Gasteiger charge is -2.26. The number of nitrogens with zero attached hydrogens (tertiary/aromatic N) is 2. The summed E-state index contributed by atoms with van der Waals surface area (Å²) in [6, 6.07) is 1.42. The minimum absolute atomic E-state index is 0.0533. The molecule has 0 atom stereocenters. The van der Waals surface area contributed by atoms with Gasteiger partial charge in [0.05, 0.1) is 25.0 Å². The molecule has 0 radical (unpaired) electrons. The van der Waals surface area contributed by atoms with E-state index in [1.54, 1.807) is 11.8 Å². The van der Waals surface area contributed by atoms with Gasteiger partial charge < -0.3 is 14.1 Å². The monoisotopic (exact) mass is 396 g/mol. The number of furan rings is 1. The maximum atomic E-state index is 12.8. The van der Waals surface area contributed by atoms with Gasteiger partial charge in [-0.05, 0) is 12.8 Å². The molecule has 9 nitrogen and oxygen atoms in total. The Balaban J connectivity index is 1.89. The van der Waals surface area contributed by atoms with Crippen molar-refractivity contribution in [3.63, 3.8) is 0 Å². The Bertz CT molecular complexity index is 910. The van der Waals surface area contributed by atoms with Crippen molar-refractivity contribution in [1.82, 2.24) is 19.8 Å². The number of aryl methyl sites for hydroxylation is 1. The highest BCUT2D eigenvalue weighted by Gasteiger charge is 2.27. The second-order valence-corrected chi connectivity index (χ2v) is 8.58. The molecule has 2 N–H and O–H groups in total. The Morgan fingerprint density at radius 1 is 1.37 bits per heavy atom. The predicted octanol–water partition coefficient (Wildman–Crippen LogP) is 1.38. The molecule has 1 aliphatic heterocycles. The molecule has 0 aliphatic carbocycles. The van der Waals surface area contributed by atoms with Crippen LogP contribution in [0.1, 0.15) is 30.0 Å². The Kier molecular flexibility index (Phi) is 5.68. The molecule has 1 aliphatic rings. The number of carbonyl (C=O) groups excluding carboxylic acids is 1. The Labute approximate surface area is 158 Å².